The van der Waals surface area contributed by atoms with Gasteiger partial charge in [-0.2, -0.15) is 0 Å². The number of carbonyl (C=O) groups excluding carboxylic acids is 1. The molecule has 0 aromatic carbocycles. The Morgan fingerprint density at radius 2 is 2.19 bits per heavy atom. The first-order chi connectivity index (χ1) is 7.63. The monoisotopic (exact) mass is 222 g/mol. The predicted octanol–water partition coefficient (Wildman–Crippen LogP) is 0.929. The molecule has 0 fully saturated rings. The first-order valence-electron chi connectivity index (χ1n) is 5.38. The van der Waals surface area contributed by atoms with Crippen LogP contribution in [-0.2, 0) is 11.2 Å². The number of aryl methyl sites for hydroxylation is 1. The van der Waals surface area contributed by atoms with E-state index in [1.54, 1.807) is 19.0 Å². The molecule has 0 saturated carbocycles. The van der Waals surface area contributed by atoms with Gasteiger partial charge in [0.25, 0.3) is 0 Å². The maximum absolute atomic E-state index is 11.3. The average Bonchev–Trinajstić information content (AvgIpc) is 2.26. The van der Waals surface area contributed by atoms with E-state index >= 15 is 0 Å². The smallest absolute Gasteiger partial charge is 0.241 e. The Labute approximate surface area is 95.9 Å². The van der Waals surface area contributed by atoms with Crippen molar-refractivity contribution in [2.75, 3.05) is 26.0 Å². The minimum atomic E-state index is 0.0238. The van der Waals surface area contributed by atoms with Gasteiger partial charge in [-0.05, 0) is 6.42 Å². The fraction of sp³-hybridized carbons (Fsp3) is 0.545. The lowest BCUT2D eigenvalue weighted by Gasteiger charge is -2.11. The lowest BCUT2D eigenvalue weighted by atomic mass is 10.2. The predicted molar refractivity (Wildman–Crippen MR) is 63.2 cm³/mol. The number of rotatable bonds is 5. The molecule has 5 nitrogen and oxygen atoms in total. The molecule has 0 aliphatic heterocycles. The summed E-state index contributed by atoms with van der Waals surface area (Å²) in [5.74, 6) is 0.726. The highest BCUT2D eigenvalue weighted by Crippen LogP contribution is 2.05. The first kappa shape index (κ1) is 12.4. The van der Waals surface area contributed by atoms with Gasteiger partial charge in [0, 0.05) is 25.9 Å². The SMILES string of the molecule is CCCc1cc(NCC(=O)N(C)C)ncn1. The Balaban J connectivity index is 2.53. The summed E-state index contributed by atoms with van der Waals surface area (Å²) in [6.45, 7) is 2.36. The van der Waals surface area contributed by atoms with E-state index in [9.17, 15) is 4.79 Å². The number of hydrogen-bond acceptors (Lipinski definition) is 4. The number of anilines is 1. The van der Waals surface area contributed by atoms with E-state index in [0.29, 0.717) is 5.82 Å². The number of amides is 1. The molecule has 0 atom stereocenters. The van der Waals surface area contributed by atoms with E-state index in [2.05, 4.69) is 22.2 Å². The van der Waals surface area contributed by atoms with Crippen LogP contribution in [0, 0.1) is 0 Å². The quantitative estimate of drug-likeness (QED) is 0.805. The summed E-state index contributed by atoms with van der Waals surface area (Å²) >= 11 is 0. The van der Waals surface area contributed by atoms with Crippen molar-refractivity contribution < 1.29 is 4.79 Å². The molecule has 1 N–H and O–H groups in total. The standard InChI is InChI=1S/C11H18N4O/c1-4-5-9-6-10(14-8-13-9)12-7-11(16)15(2)3/h6,8H,4-5,7H2,1-3H3,(H,12,13,14). The summed E-state index contributed by atoms with van der Waals surface area (Å²) in [6, 6.07) is 1.88. The Morgan fingerprint density at radius 1 is 1.44 bits per heavy atom. The molecule has 88 valence electrons. The molecular weight excluding hydrogens is 204 g/mol. The van der Waals surface area contributed by atoms with Crippen LogP contribution in [0.5, 0.6) is 0 Å². The average molecular weight is 222 g/mol. The zero-order valence-corrected chi connectivity index (χ0v) is 10.0. The molecule has 16 heavy (non-hydrogen) atoms. The molecule has 0 radical (unpaired) electrons. The van der Waals surface area contributed by atoms with Crippen molar-refractivity contribution in [2.24, 2.45) is 0 Å². The summed E-state index contributed by atoms with van der Waals surface area (Å²) in [7, 11) is 3.46. The minimum absolute atomic E-state index is 0.0238. The second kappa shape index (κ2) is 6.05. The molecule has 0 unspecified atom stereocenters. The van der Waals surface area contributed by atoms with Crippen LogP contribution >= 0.6 is 0 Å². The summed E-state index contributed by atoms with van der Waals surface area (Å²) in [5.41, 5.74) is 0.998. The van der Waals surface area contributed by atoms with Gasteiger partial charge in [-0.3, -0.25) is 4.79 Å². The van der Waals surface area contributed by atoms with Gasteiger partial charge >= 0.3 is 0 Å². The van der Waals surface area contributed by atoms with Gasteiger partial charge in [-0.25, -0.2) is 9.97 Å². The molecule has 0 aliphatic rings. The van der Waals surface area contributed by atoms with Crippen LogP contribution in [0.1, 0.15) is 19.0 Å². The van der Waals surface area contributed by atoms with E-state index in [1.807, 2.05) is 6.07 Å². The summed E-state index contributed by atoms with van der Waals surface area (Å²) in [4.78, 5) is 21.1. The van der Waals surface area contributed by atoms with Gasteiger partial charge in [-0.1, -0.05) is 13.3 Å². The largest absolute Gasteiger partial charge is 0.361 e. The fourth-order valence-corrected chi connectivity index (χ4v) is 1.21. The topological polar surface area (TPSA) is 58.1 Å². The molecule has 1 aromatic rings. The lowest BCUT2D eigenvalue weighted by Crippen LogP contribution is -2.28. The Morgan fingerprint density at radius 3 is 2.81 bits per heavy atom. The van der Waals surface area contributed by atoms with Crippen LogP contribution in [-0.4, -0.2) is 41.4 Å². The number of carbonyl (C=O) groups is 1. The van der Waals surface area contributed by atoms with Crippen LogP contribution in [0.25, 0.3) is 0 Å². The fourth-order valence-electron chi connectivity index (χ4n) is 1.21. The Kier molecular flexibility index (Phi) is 4.69. The zero-order chi connectivity index (χ0) is 12.0. The maximum Gasteiger partial charge on any atom is 0.241 e. The van der Waals surface area contributed by atoms with Crippen molar-refractivity contribution in [3.8, 4) is 0 Å². The highest BCUT2D eigenvalue weighted by Gasteiger charge is 2.04. The molecule has 1 amide bonds. The molecule has 0 aliphatic carbocycles. The zero-order valence-electron chi connectivity index (χ0n) is 10.0. The number of likely N-dealkylation sites (N-methyl/N-ethyl adjacent to an activating group) is 1. The normalized spacial score (nSPS) is 9.94. The van der Waals surface area contributed by atoms with Crippen molar-refractivity contribution >= 4 is 11.7 Å². The van der Waals surface area contributed by atoms with Crippen LogP contribution < -0.4 is 5.32 Å². The summed E-state index contributed by atoms with van der Waals surface area (Å²) in [6.07, 6.45) is 3.50. The van der Waals surface area contributed by atoms with Crippen molar-refractivity contribution in [1.82, 2.24) is 14.9 Å². The molecule has 0 saturated heterocycles. The number of nitrogens with zero attached hydrogens (tertiary/aromatic N) is 3. The van der Waals surface area contributed by atoms with Crippen molar-refractivity contribution in [2.45, 2.75) is 19.8 Å². The number of hydrogen-bond donors (Lipinski definition) is 1. The van der Waals surface area contributed by atoms with Gasteiger partial charge in [-0.15, -0.1) is 0 Å². The van der Waals surface area contributed by atoms with Crippen molar-refractivity contribution in [3.63, 3.8) is 0 Å². The molecule has 1 heterocycles. The third-order valence-electron chi connectivity index (χ3n) is 2.15. The van der Waals surface area contributed by atoms with E-state index in [-0.39, 0.29) is 12.5 Å². The van der Waals surface area contributed by atoms with E-state index in [0.717, 1.165) is 18.5 Å². The van der Waals surface area contributed by atoms with E-state index in [4.69, 9.17) is 0 Å². The maximum atomic E-state index is 11.3. The van der Waals surface area contributed by atoms with Gasteiger partial charge in [0.2, 0.25) is 5.91 Å². The third-order valence-corrected chi connectivity index (χ3v) is 2.15. The number of nitrogens with one attached hydrogen (secondary N) is 1. The van der Waals surface area contributed by atoms with Gasteiger partial charge in [0.05, 0.1) is 6.54 Å². The molecule has 0 spiro atoms. The molecular formula is C11H18N4O. The summed E-state index contributed by atoms with van der Waals surface area (Å²) in [5, 5.41) is 2.98. The van der Waals surface area contributed by atoms with Crippen LogP contribution in [0.3, 0.4) is 0 Å². The molecule has 1 rings (SSSR count). The van der Waals surface area contributed by atoms with Gasteiger partial charge < -0.3 is 10.2 Å². The molecule has 0 bridgehead atoms. The molecule has 1 aromatic heterocycles. The van der Waals surface area contributed by atoms with E-state index in [1.165, 1.54) is 6.33 Å². The highest BCUT2D eigenvalue weighted by atomic mass is 16.2. The highest BCUT2D eigenvalue weighted by molar-refractivity contribution is 5.79. The van der Waals surface area contributed by atoms with Gasteiger partial charge in [0.15, 0.2) is 0 Å². The van der Waals surface area contributed by atoms with Crippen molar-refractivity contribution in [3.05, 3.63) is 18.1 Å². The van der Waals surface area contributed by atoms with E-state index < -0.39 is 0 Å². The first-order valence-corrected chi connectivity index (χ1v) is 5.38. The number of aromatic nitrogens is 2. The summed E-state index contributed by atoms with van der Waals surface area (Å²) < 4.78 is 0. The van der Waals surface area contributed by atoms with Gasteiger partial charge in [0.1, 0.15) is 12.1 Å². The minimum Gasteiger partial charge on any atom is -0.361 e. The third kappa shape index (κ3) is 3.84. The van der Waals surface area contributed by atoms with Crippen LogP contribution in [0.2, 0.25) is 0 Å². The molecule has 5 heteroatoms. The van der Waals surface area contributed by atoms with Crippen LogP contribution in [0.15, 0.2) is 12.4 Å². The lowest BCUT2D eigenvalue weighted by molar-refractivity contribution is -0.126. The van der Waals surface area contributed by atoms with Crippen molar-refractivity contribution in [1.29, 1.82) is 0 Å². The Hall–Kier alpha value is -1.65. The Bertz CT molecular complexity index is 352. The van der Waals surface area contributed by atoms with Crippen LogP contribution in [0.4, 0.5) is 5.82 Å². The second-order valence-electron chi connectivity index (χ2n) is 3.79. The second-order valence-corrected chi connectivity index (χ2v) is 3.79.